The van der Waals surface area contributed by atoms with Crippen molar-refractivity contribution in [3.05, 3.63) is 0 Å². The summed E-state index contributed by atoms with van der Waals surface area (Å²) in [6, 6.07) is 0.544. The number of nitrogens with zero attached hydrogens (tertiary/aromatic N) is 2. The van der Waals surface area contributed by atoms with Crippen LogP contribution in [0.2, 0.25) is 0 Å². The monoisotopic (exact) mass is 257 g/mol. The van der Waals surface area contributed by atoms with E-state index >= 15 is 0 Å². The Labute approximate surface area is 110 Å². The molecule has 0 aliphatic carbocycles. The van der Waals surface area contributed by atoms with Crippen molar-refractivity contribution >= 4 is 5.97 Å². The number of ether oxygens (including phenoxy) is 1. The van der Waals surface area contributed by atoms with E-state index in [0.717, 1.165) is 26.2 Å². The van der Waals surface area contributed by atoms with Crippen LogP contribution in [-0.4, -0.2) is 74.2 Å². The average molecular weight is 257 g/mol. The quantitative estimate of drug-likeness (QED) is 0.711. The molecule has 2 unspecified atom stereocenters. The van der Waals surface area contributed by atoms with Gasteiger partial charge >= 0.3 is 5.97 Å². The maximum absolute atomic E-state index is 11.8. The van der Waals surface area contributed by atoms with Crippen molar-refractivity contribution in [1.82, 2.24) is 15.1 Å². The normalized spacial score (nSPS) is 25.7. The minimum atomic E-state index is -0.622. The lowest BCUT2D eigenvalue weighted by atomic mass is 10.0. The average Bonchev–Trinajstić information content (AvgIpc) is 2.37. The molecule has 0 radical (unpaired) electrons. The topological polar surface area (TPSA) is 44.8 Å². The molecule has 1 aliphatic rings. The summed E-state index contributed by atoms with van der Waals surface area (Å²) in [4.78, 5) is 16.6. The Morgan fingerprint density at radius 2 is 2.17 bits per heavy atom. The van der Waals surface area contributed by atoms with Gasteiger partial charge in [0.2, 0.25) is 0 Å². The van der Waals surface area contributed by atoms with Gasteiger partial charge in [0.25, 0.3) is 0 Å². The van der Waals surface area contributed by atoms with E-state index in [1.54, 1.807) is 0 Å². The van der Waals surface area contributed by atoms with Gasteiger partial charge in [-0.2, -0.15) is 0 Å². The largest absolute Gasteiger partial charge is 0.468 e. The summed E-state index contributed by atoms with van der Waals surface area (Å²) in [7, 11) is 3.25. The zero-order chi connectivity index (χ0) is 13.8. The molecule has 18 heavy (non-hydrogen) atoms. The van der Waals surface area contributed by atoms with Crippen molar-refractivity contribution in [2.75, 3.05) is 46.9 Å². The Morgan fingerprint density at radius 1 is 1.50 bits per heavy atom. The van der Waals surface area contributed by atoms with Crippen LogP contribution in [0.25, 0.3) is 0 Å². The Bertz CT molecular complexity index is 285. The van der Waals surface area contributed by atoms with Crippen LogP contribution < -0.4 is 5.32 Å². The van der Waals surface area contributed by atoms with Crippen LogP contribution in [0.5, 0.6) is 0 Å². The molecule has 0 aromatic heterocycles. The summed E-state index contributed by atoms with van der Waals surface area (Å²) in [5.41, 5.74) is -0.622. The van der Waals surface area contributed by atoms with Gasteiger partial charge in [-0.05, 0) is 27.4 Å². The van der Waals surface area contributed by atoms with E-state index in [0.29, 0.717) is 12.6 Å². The lowest BCUT2D eigenvalue weighted by Crippen LogP contribution is -2.60. The molecular formula is C13H27N3O2. The van der Waals surface area contributed by atoms with E-state index in [-0.39, 0.29) is 5.97 Å². The first-order valence-corrected chi connectivity index (χ1v) is 6.70. The Balaban J connectivity index is 2.59. The van der Waals surface area contributed by atoms with Gasteiger partial charge in [-0.3, -0.25) is 14.6 Å². The molecule has 0 saturated carbocycles. The first-order chi connectivity index (χ1) is 8.46. The molecule has 0 spiro atoms. The number of nitrogens with one attached hydrogen (secondary N) is 1. The predicted octanol–water partition coefficient (Wildman–Crippen LogP) is 0.164. The number of carbonyl (C=O) groups excluding carboxylic acids is 1. The fourth-order valence-electron chi connectivity index (χ4n) is 2.60. The Kier molecular flexibility index (Phi) is 5.56. The summed E-state index contributed by atoms with van der Waals surface area (Å²) in [5, 5.41) is 3.09. The summed E-state index contributed by atoms with van der Waals surface area (Å²) >= 11 is 0. The zero-order valence-corrected chi connectivity index (χ0v) is 12.3. The van der Waals surface area contributed by atoms with Crippen LogP contribution in [0, 0.1) is 0 Å². The molecule has 1 saturated heterocycles. The third kappa shape index (κ3) is 3.43. The van der Waals surface area contributed by atoms with Gasteiger partial charge in [0.15, 0.2) is 0 Å². The number of hydrogen-bond acceptors (Lipinski definition) is 5. The van der Waals surface area contributed by atoms with E-state index in [1.165, 1.54) is 7.11 Å². The van der Waals surface area contributed by atoms with E-state index < -0.39 is 5.54 Å². The first kappa shape index (κ1) is 15.4. The van der Waals surface area contributed by atoms with E-state index in [1.807, 2.05) is 14.0 Å². The highest BCUT2D eigenvalue weighted by atomic mass is 16.5. The SMILES string of the molecule is CCN1CCN(CC(C)(NC)C(=O)OC)CC1C. The summed E-state index contributed by atoms with van der Waals surface area (Å²) < 4.78 is 4.88. The molecule has 0 aromatic carbocycles. The molecule has 0 amide bonds. The van der Waals surface area contributed by atoms with Crippen molar-refractivity contribution in [2.24, 2.45) is 0 Å². The fraction of sp³-hybridized carbons (Fsp3) is 0.923. The number of piperazine rings is 1. The molecule has 0 bridgehead atoms. The predicted molar refractivity (Wildman–Crippen MR) is 72.6 cm³/mol. The van der Waals surface area contributed by atoms with Crippen LogP contribution in [-0.2, 0) is 9.53 Å². The molecule has 1 N–H and O–H groups in total. The molecule has 1 fully saturated rings. The van der Waals surface area contributed by atoms with E-state index in [9.17, 15) is 4.79 Å². The maximum Gasteiger partial charge on any atom is 0.327 e. The number of methoxy groups -OCH3 is 1. The van der Waals surface area contributed by atoms with Gasteiger partial charge in [-0.25, -0.2) is 0 Å². The number of rotatable bonds is 5. The third-order valence-electron chi connectivity index (χ3n) is 3.98. The zero-order valence-electron chi connectivity index (χ0n) is 12.3. The number of hydrogen-bond donors (Lipinski definition) is 1. The fourth-order valence-corrected chi connectivity index (χ4v) is 2.60. The Hall–Kier alpha value is -0.650. The third-order valence-corrected chi connectivity index (χ3v) is 3.98. The standard InChI is InChI=1S/C13H27N3O2/c1-6-16-8-7-15(9-11(16)2)10-13(3,14-4)12(17)18-5/h11,14H,6-10H2,1-5H3. The van der Waals surface area contributed by atoms with E-state index in [2.05, 4.69) is 29.0 Å². The van der Waals surface area contributed by atoms with Gasteiger partial charge in [0, 0.05) is 32.2 Å². The number of carbonyl (C=O) groups is 1. The highest BCUT2D eigenvalue weighted by Crippen LogP contribution is 2.14. The van der Waals surface area contributed by atoms with Crippen LogP contribution >= 0.6 is 0 Å². The van der Waals surface area contributed by atoms with Gasteiger partial charge in [0.05, 0.1) is 7.11 Å². The van der Waals surface area contributed by atoms with Crippen molar-refractivity contribution in [3.63, 3.8) is 0 Å². The Morgan fingerprint density at radius 3 is 2.61 bits per heavy atom. The summed E-state index contributed by atoms with van der Waals surface area (Å²) in [6.07, 6.45) is 0. The molecule has 0 aromatic rings. The smallest absolute Gasteiger partial charge is 0.327 e. The lowest BCUT2D eigenvalue weighted by Gasteiger charge is -2.42. The second-order valence-corrected chi connectivity index (χ2v) is 5.29. The number of esters is 1. The lowest BCUT2D eigenvalue weighted by molar-refractivity contribution is -0.148. The van der Waals surface area contributed by atoms with Gasteiger partial charge in [-0.15, -0.1) is 0 Å². The second kappa shape index (κ2) is 6.50. The van der Waals surface area contributed by atoms with Gasteiger partial charge in [0.1, 0.15) is 5.54 Å². The first-order valence-electron chi connectivity index (χ1n) is 6.70. The van der Waals surface area contributed by atoms with Gasteiger partial charge < -0.3 is 10.1 Å². The van der Waals surface area contributed by atoms with Gasteiger partial charge in [-0.1, -0.05) is 6.92 Å². The van der Waals surface area contributed by atoms with Crippen molar-refractivity contribution in [1.29, 1.82) is 0 Å². The summed E-state index contributed by atoms with van der Waals surface area (Å²) in [5.74, 6) is -0.199. The molecule has 5 heteroatoms. The summed E-state index contributed by atoms with van der Waals surface area (Å²) in [6.45, 7) is 11.2. The van der Waals surface area contributed by atoms with Crippen LogP contribution in [0.15, 0.2) is 0 Å². The van der Waals surface area contributed by atoms with Crippen LogP contribution in [0.3, 0.4) is 0 Å². The van der Waals surface area contributed by atoms with E-state index in [4.69, 9.17) is 4.74 Å². The van der Waals surface area contributed by atoms with Crippen molar-refractivity contribution < 1.29 is 9.53 Å². The molecule has 5 nitrogen and oxygen atoms in total. The molecule has 106 valence electrons. The maximum atomic E-state index is 11.8. The highest BCUT2D eigenvalue weighted by Gasteiger charge is 2.36. The minimum Gasteiger partial charge on any atom is -0.468 e. The van der Waals surface area contributed by atoms with Crippen molar-refractivity contribution in [3.8, 4) is 0 Å². The molecule has 2 atom stereocenters. The molecular weight excluding hydrogens is 230 g/mol. The van der Waals surface area contributed by atoms with Crippen LogP contribution in [0.4, 0.5) is 0 Å². The molecule has 1 heterocycles. The highest BCUT2D eigenvalue weighted by molar-refractivity contribution is 5.80. The number of likely N-dealkylation sites (N-methyl/N-ethyl adjacent to an activating group) is 2. The molecule has 1 rings (SSSR count). The molecule has 1 aliphatic heterocycles. The van der Waals surface area contributed by atoms with Crippen LogP contribution in [0.1, 0.15) is 20.8 Å². The van der Waals surface area contributed by atoms with Crippen molar-refractivity contribution in [2.45, 2.75) is 32.4 Å². The second-order valence-electron chi connectivity index (χ2n) is 5.29. The minimum absolute atomic E-state index is 0.199.